The van der Waals surface area contributed by atoms with Gasteiger partial charge in [0.1, 0.15) is 23.2 Å². The second kappa shape index (κ2) is 10.8. The maximum atomic E-state index is 13.6. The van der Waals surface area contributed by atoms with Gasteiger partial charge in [-0.15, -0.1) is 10.2 Å². The minimum absolute atomic E-state index is 0.000959. The van der Waals surface area contributed by atoms with Gasteiger partial charge in [-0.1, -0.05) is 35.0 Å². The summed E-state index contributed by atoms with van der Waals surface area (Å²) in [6, 6.07) is 7.99. The second-order valence-corrected chi connectivity index (χ2v) is 8.23. The fraction of sp³-hybridized carbons (Fsp3) is 0.250. The molecular weight excluding hydrogens is 469 g/mol. The van der Waals surface area contributed by atoms with Crippen molar-refractivity contribution in [1.29, 1.82) is 0 Å². The number of aromatic nitrogens is 3. The first-order valence-corrected chi connectivity index (χ1v) is 10.9. The predicted molar refractivity (Wildman–Crippen MR) is 117 cm³/mol. The molecule has 1 amide bonds. The molecule has 0 atom stereocenters. The van der Waals surface area contributed by atoms with E-state index in [4.69, 9.17) is 27.9 Å². The van der Waals surface area contributed by atoms with Crippen molar-refractivity contribution in [2.45, 2.75) is 18.0 Å². The van der Waals surface area contributed by atoms with Crippen molar-refractivity contribution in [3.63, 3.8) is 0 Å². The molecule has 164 valence electrons. The number of nitrogens with zero attached hydrogens (tertiary/aromatic N) is 3. The molecule has 1 N–H and O–H groups in total. The molecule has 6 nitrogen and oxygen atoms in total. The molecule has 0 aliphatic heterocycles. The first-order chi connectivity index (χ1) is 14.8. The van der Waals surface area contributed by atoms with E-state index in [2.05, 4.69) is 15.5 Å². The van der Waals surface area contributed by atoms with Gasteiger partial charge in [0, 0.05) is 24.6 Å². The fourth-order valence-electron chi connectivity index (χ4n) is 2.60. The number of carbonyl (C=O) groups is 1. The molecule has 0 saturated carbocycles. The smallest absolute Gasteiger partial charge is 0.234 e. The summed E-state index contributed by atoms with van der Waals surface area (Å²) in [5, 5.41) is 12.2. The average Bonchev–Trinajstić information content (AvgIpc) is 3.07. The molecule has 1 aromatic heterocycles. The van der Waals surface area contributed by atoms with Crippen LogP contribution in [-0.4, -0.2) is 33.0 Å². The number of nitrogens with one attached hydrogen (secondary N) is 1. The zero-order valence-electron chi connectivity index (χ0n) is 16.4. The van der Waals surface area contributed by atoms with Gasteiger partial charge >= 0.3 is 0 Å². The largest absolute Gasteiger partial charge is 0.492 e. The van der Waals surface area contributed by atoms with Crippen molar-refractivity contribution >= 4 is 46.6 Å². The number of aryl methyl sites for hydroxylation is 1. The molecule has 0 radical (unpaired) electrons. The van der Waals surface area contributed by atoms with Gasteiger partial charge in [-0.05, 0) is 36.8 Å². The van der Waals surface area contributed by atoms with Crippen LogP contribution in [0.15, 0.2) is 41.6 Å². The van der Waals surface area contributed by atoms with Gasteiger partial charge in [0.2, 0.25) is 5.91 Å². The van der Waals surface area contributed by atoms with Crippen LogP contribution in [0.5, 0.6) is 5.75 Å². The Morgan fingerprint density at radius 1 is 1.19 bits per heavy atom. The monoisotopic (exact) mass is 486 g/mol. The van der Waals surface area contributed by atoms with Gasteiger partial charge in [-0.3, -0.25) is 4.79 Å². The third-order valence-electron chi connectivity index (χ3n) is 4.16. The van der Waals surface area contributed by atoms with Crippen molar-refractivity contribution in [3.8, 4) is 5.75 Å². The van der Waals surface area contributed by atoms with Crippen LogP contribution in [0.4, 0.5) is 14.5 Å². The van der Waals surface area contributed by atoms with E-state index in [1.54, 1.807) is 29.8 Å². The number of amides is 1. The number of ether oxygens (including phenoxy) is 1. The molecule has 0 saturated heterocycles. The molecule has 3 rings (SSSR count). The lowest BCUT2D eigenvalue weighted by Crippen LogP contribution is -2.15. The number of halogens is 4. The van der Waals surface area contributed by atoms with Crippen molar-refractivity contribution in [1.82, 2.24) is 14.8 Å². The Kier molecular flexibility index (Phi) is 8.11. The van der Waals surface area contributed by atoms with E-state index < -0.39 is 17.5 Å². The number of carbonyl (C=O) groups excluding carboxylic acids is 1. The highest BCUT2D eigenvalue weighted by Gasteiger charge is 2.13. The van der Waals surface area contributed by atoms with Crippen LogP contribution in [0, 0.1) is 11.6 Å². The molecule has 0 aliphatic carbocycles. The molecule has 11 heteroatoms. The first-order valence-electron chi connectivity index (χ1n) is 9.17. The van der Waals surface area contributed by atoms with Crippen molar-refractivity contribution in [3.05, 3.63) is 63.9 Å². The second-order valence-electron chi connectivity index (χ2n) is 6.45. The average molecular weight is 487 g/mol. The van der Waals surface area contributed by atoms with Gasteiger partial charge in [0.15, 0.2) is 5.16 Å². The third kappa shape index (κ3) is 6.56. The van der Waals surface area contributed by atoms with E-state index in [-0.39, 0.29) is 11.4 Å². The van der Waals surface area contributed by atoms with Crippen LogP contribution >= 0.6 is 35.0 Å². The van der Waals surface area contributed by atoms with Crippen LogP contribution < -0.4 is 10.1 Å². The lowest BCUT2D eigenvalue weighted by Gasteiger charge is -2.08. The molecule has 0 aliphatic rings. The quantitative estimate of drug-likeness (QED) is 0.334. The molecule has 0 unspecified atom stereocenters. The molecular formula is C20H18Cl2F2N4O2S. The Balaban J connectivity index is 1.45. The van der Waals surface area contributed by atoms with E-state index in [1.807, 2.05) is 0 Å². The topological polar surface area (TPSA) is 69.0 Å². The number of anilines is 1. The van der Waals surface area contributed by atoms with Gasteiger partial charge < -0.3 is 14.6 Å². The fourth-order valence-corrected chi connectivity index (χ4v) is 3.79. The van der Waals surface area contributed by atoms with E-state index in [1.165, 1.54) is 6.07 Å². The Bertz CT molecular complexity index is 1080. The molecule has 1 heterocycles. The maximum Gasteiger partial charge on any atom is 0.234 e. The highest BCUT2D eigenvalue weighted by molar-refractivity contribution is 7.99. The lowest BCUT2D eigenvalue weighted by molar-refractivity contribution is -0.113. The molecule has 0 bridgehead atoms. The summed E-state index contributed by atoms with van der Waals surface area (Å²) in [4.78, 5) is 12.0. The summed E-state index contributed by atoms with van der Waals surface area (Å²) in [7, 11) is 1.80. The first kappa shape index (κ1) is 23.3. The van der Waals surface area contributed by atoms with Gasteiger partial charge in [-0.25, -0.2) is 8.78 Å². The molecule has 2 aromatic carbocycles. The van der Waals surface area contributed by atoms with Crippen molar-refractivity contribution in [2.75, 3.05) is 17.7 Å². The molecule has 3 aromatic rings. The zero-order chi connectivity index (χ0) is 22.4. The summed E-state index contributed by atoms with van der Waals surface area (Å²) in [6.45, 7) is 0.433. The van der Waals surface area contributed by atoms with Crippen molar-refractivity contribution < 1.29 is 18.3 Å². The number of thioether (sulfide) groups is 1. The van der Waals surface area contributed by atoms with Crippen LogP contribution in [0.3, 0.4) is 0 Å². The summed E-state index contributed by atoms with van der Waals surface area (Å²) in [5.74, 6) is -0.684. The Hall–Kier alpha value is -2.36. The minimum atomic E-state index is -0.832. The normalized spacial score (nSPS) is 10.9. The molecule has 0 fully saturated rings. The highest BCUT2D eigenvalue weighted by Crippen LogP contribution is 2.27. The van der Waals surface area contributed by atoms with E-state index in [0.717, 1.165) is 23.7 Å². The predicted octanol–water partition coefficient (Wildman–Crippen LogP) is 5.14. The Labute approximate surface area is 191 Å². The number of hydrogen-bond donors (Lipinski definition) is 1. The zero-order valence-corrected chi connectivity index (χ0v) is 18.7. The van der Waals surface area contributed by atoms with Crippen LogP contribution in [0.1, 0.15) is 12.2 Å². The van der Waals surface area contributed by atoms with E-state index in [9.17, 15) is 13.6 Å². The Morgan fingerprint density at radius 2 is 2.00 bits per heavy atom. The van der Waals surface area contributed by atoms with Gasteiger partial charge in [-0.2, -0.15) is 0 Å². The molecule has 0 spiro atoms. The van der Waals surface area contributed by atoms with Crippen LogP contribution in [0.2, 0.25) is 10.0 Å². The number of hydrogen-bond acceptors (Lipinski definition) is 5. The maximum absolute atomic E-state index is 13.6. The third-order valence-corrected chi connectivity index (χ3v) is 5.71. The standard InChI is InChI=1S/C20H18Cl2F2N4O2S/c1-28-18(3-2-8-30-17-7-4-12(21)9-14(17)22)26-27-20(28)31-11-19(29)25-16-6-5-13(23)10-15(16)24/h4-7,9-10H,2-3,8,11H2,1H3,(H,25,29). The number of rotatable bonds is 9. The summed E-state index contributed by atoms with van der Waals surface area (Å²) in [6.07, 6.45) is 1.29. The van der Waals surface area contributed by atoms with E-state index in [0.29, 0.717) is 46.5 Å². The minimum Gasteiger partial charge on any atom is -0.492 e. The summed E-state index contributed by atoms with van der Waals surface area (Å²) in [5.41, 5.74) is -0.0774. The highest BCUT2D eigenvalue weighted by atomic mass is 35.5. The lowest BCUT2D eigenvalue weighted by atomic mass is 10.3. The SMILES string of the molecule is Cn1c(CCCOc2ccc(Cl)cc2Cl)nnc1SCC(=O)Nc1ccc(F)cc1F. The summed E-state index contributed by atoms with van der Waals surface area (Å²) < 4.78 is 34.0. The van der Waals surface area contributed by atoms with Crippen molar-refractivity contribution in [2.24, 2.45) is 7.05 Å². The molecule has 31 heavy (non-hydrogen) atoms. The van der Waals surface area contributed by atoms with Crippen LogP contribution in [0.25, 0.3) is 0 Å². The summed E-state index contributed by atoms with van der Waals surface area (Å²) >= 11 is 13.1. The van der Waals surface area contributed by atoms with Gasteiger partial charge in [0.25, 0.3) is 0 Å². The van der Waals surface area contributed by atoms with Crippen LogP contribution in [-0.2, 0) is 18.3 Å². The number of benzene rings is 2. The van der Waals surface area contributed by atoms with E-state index >= 15 is 0 Å². The Morgan fingerprint density at radius 3 is 2.74 bits per heavy atom. The van der Waals surface area contributed by atoms with Gasteiger partial charge in [0.05, 0.1) is 23.1 Å².